The number of hydrogen-bond donors (Lipinski definition) is 1. The summed E-state index contributed by atoms with van der Waals surface area (Å²) >= 11 is 1.48. The van der Waals surface area contributed by atoms with Gasteiger partial charge in [0.05, 0.1) is 24.5 Å². The van der Waals surface area contributed by atoms with E-state index in [1.54, 1.807) is 6.26 Å². The van der Waals surface area contributed by atoms with Gasteiger partial charge in [0.1, 0.15) is 0 Å². The van der Waals surface area contributed by atoms with Crippen molar-refractivity contribution in [1.29, 1.82) is 0 Å². The Bertz CT molecular complexity index is 800. The molecule has 0 radical (unpaired) electrons. The van der Waals surface area contributed by atoms with Crippen LogP contribution in [0.4, 0.5) is 0 Å². The summed E-state index contributed by atoms with van der Waals surface area (Å²) in [7, 11) is 0. The van der Waals surface area contributed by atoms with E-state index in [9.17, 15) is 4.79 Å². The van der Waals surface area contributed by atoms with Gasteiger partial charge in [-0.25, -0.2) is 4.98 Å². The van der Waals surface area contributed by atoms with E-state index in [0.29, 0.717) is 13.2 Å². The standard InChI is InChI=1S/C20H22N2O3S/c1-15(16-7-3-2-4-8-16)24-12-6-10-21-19(23)13-17-14-26-20(22-17)18-9-5-11-25-18/h2-5,7-9,11,14-15H,6,10,12-13H2,1H3,(H,21,23)/t15-/m1/s1. The molecule has 1 aromatic carbocycles. The third-order valence-electron chi connectivity index (χ3n) is 3.91. The second-order valence-electron chi connectivity index (χ2n) is 5.93. The Morgan fingerprint density at radius 1 is 1.27 bits per heavy atom. The Morgan fingerprint density at radius 2 is 2.12 bits per heavy atom. The maximum atomic E-state index is 12.0. The fourth-order valence-corrected chi connectivity index (χ4v) is 3.29. The van der Waals surface area contributed by atoms with Crippen LogP contribution in [0.1, 0.15) is 30.7 Å². The molecule has 0 saturated heterocycles. The first-order chi connectivity index (χ1) is 12.7. The number of ether oxygens (including phenoxy) is 1. The van der Waals surface area contributed by atoms with Gasteiger partial charge in [-0.1, -0.05) is 30.3 Å². The van der Waals surface area contributed by atoms with E-state index < -0.39 is 0 Å². The SMILES string of the molecule is C[C@@H](OCCCNC(=O)Cc1csc(-c2ccco2)n1)c1ccccc1. The van der Waals surface area contributed by atoms with Crippen LogP contribution in [0.15, 0.2) is 58.5 Å². The van der Waals surface area contributed by atoms with Gasteiger partial charge in [-0.2, -0.15) is 0 Å². The zero-order valence-electron chi connectivity index (χ0n) is 14.7. The van der Waals surface area contributed by atoms with Crippen LogP contribution < -0.4 is 5.32 Å². The lowest BCUT2D eigenvalue weighted by molar-refractivity contribution is -0.120. The van der Waals surface area contributed by atoms with Crippen LogP contribution in [-0.2, 0) is 16.0 Å². The second-order valence-corrected chi connectivity index (χ2v) is 6.78. The minimum atomic E-state index is -0.0302. The monoisotopic (exact) mass is 370 g/mol. The molecule has 0 aliphatic rings. The lowest BCUT2D eigenvalue weighted by Crippen LogP contribution is -2.27. The largest absolute Gasteiger partial charge is 0.462 e. The molecule has 0 bridgehead atoms. The van der Waals surface area contributed by atoms with Crippen LogP contribution in [-0.4, -0.2) is 24.0 Å². The number of thiazole rings is 1. The van der Waals surface area contributed by atoms with E-state index in [-0.39, 0.29) is 18.4 Å². The average Bonchev–Trinajstić information content (AvgIpc) is 3.33. The maximum Gasteiger partial charge on any atom is 0.226 e. The molecule has 2 aromatic heterocycles. The molecule has 5 nitrogen and oxygen atoms in total. The van der Waals surface area contributed by atoms with E-state index in [1.165, 1.54) is 11.3 Å². The second kappa shape index (κ2) is 9.31. The van der Waals surface area contributed by atoms with Gasteiger partial charge >= 0.3 is 0 Å². The van der Waals surface area contributed by atoms with Gasteiger partial charge < -0.3 is 14.5 Å². The number of rotatable bonds is 9. The third kappa shape index (κ3) is 5.28. The number of aromatic nitrogens is 1. The topological polar surface area (TPSA) is 64.4 Å². The Morgan fingerprint density at radius 3 is 2.88 bits per heavy atom. The number of nitrogens with one attached hydrogen (secondary N) is 1. The van der Waals surface area contributed by atoms with Crippen molar-refractivity contribution in [2.75, 3.05) is 13.2 Å². The fraction of sp³-hybridized carbons (Fsp3) is 0.300. The Hall–Kier alpha value is -2.44. The van der Waals surface area contributed by atoms with Crippen molar-refractivity contribution in [2.45, 2.75) is 25.9 Å². The van der Waals surface area contributed by atoms with E-state index in [2.05, 4.69) is 22.4 Å². The summed E-state index contributed by atoms with van der Waals surface area (Å²) in [5.74, 6) is 0.698. The van der Waals surface area contributed by atoms with E-state index in [4.69, 9.17) is 9.15 Å². The molecule has 0 fully saturated rings. The molecular formula is C20H22N2O3S. The highest BCUT2D eigenvalue weighted by atomic mass is 32.1. The number of carbonyl (C=O) groups is 1. The first kappa shape index (κ1) is 18.4. The zero-order chi connectivity index (χ0) is 18.2. The summed E-state index contributed by atoms with van der Waals surface area (Å²) in [6.45, 7) is 3.23. The minimum absolute atomic E-state index is 0.0302. The normalized spacial score (nSPS) is 12.0. The minimum Gasteiger partial charge on any atom is -0.462 e. The Balaban J connectivity index is 1.33. The first-order valence-corrected chi connectivity index (χ1v) is 9.52. The van der Waals surface area contributed by atoms with Crippen LogP contribution in [0.2, 0.25) is 0 Å². The number of hydrogen-bond acceptors (Lipinski definition) is 5. The lowest BCUT2D eigenvalue weighted by Gasteiger charge is -2.13. The molecule has 2 heterocycles. The van der Waals surface area contributed by atoms with Crippen molar-refractivity contribution in [1.82, 2.24) is 10.3 Å². The molecule has 0 spiro atoms. The number of benzene rings is 1. The van der Waals surface area contributed by atoms with Gasteiger partial charge in [0.15, 0.2) is 10.8 Å². The molecule has 0 saturated carbocycles. The molecule has 26 heavy (non-hydrogen) atoms. The average molecular weight is 370 g/mol. The molecule has 0 aliphatic carbocycles. The van der Waals surface area contributed by atoms with Gasteiger partial charge in [-0.05, 0) is 31.0 Å². The number of amides is 1. The Labute approximate surface area is 157 Å². The van der Waals surface area contributed by atoms with E-state index in [0.717, 1.165) is 28.4 Å². The van der Waals surface area contributed by atoms with Crippen molar-refractivity contribution in [3.05, 3.63) is 65.4 Å². The summed E-state index contributed by atoms with van der Waals surface area (Å²) in [5.41, 5.74) is 1.92. The van der Waals surface area contributed by atoms with Gasteiger partial charge in [0.2, 0.25) is 5.91 Å². The number of furan rings is 1. The fourth-order valence-electron chi connectivity index (χ4n) is 2.51. The molecule has 3 rings (SSSR count). The summed E-state index contributed by atoms with van der Waals surface area (Å²) < 4.78 is 11.1. The molecule has 1 atom stereocenters. The van der Waals surface area contributed by atoms with Gasteiger partial charge in [-0.15, -0.1) is 11.3 Å². The first-order valence-electron chi connectivity index (χ1n) is 8.64. The van der Waals surface area contributed by atoms with Crippen molar-refractivity contribution < 1.29 is 13.9 Å². The smallest absolute Gasteiger partial charge is 0.226 e. The lowest BCUT2D eigenvalue weighted by atomic mass is 10.1. The predicted molar refractivity (Wildman–Crippen MR) is 102 cm³/mol. The molecular weight excluding hydrogens is 348 g/mol. The van der Waals surface area contributed by atoms with Crippen LogP contribution in [0.5, 0.6) is 0 Å². The summed E-state index contributed by atoms with van der Waals surface area (Å²) in [5, 5.41) is 5.59. The highest BCUT2D eigenvalue weighted by Gasteiger charge is 2.10. The van der Waals surface area contributed by atoms with Crippen molar-refractivity contribution >= 4 is 17.2 Å². The summed E-state index contributed by atoms with van der Waals surface area (Å²) in [6, 6.07) is 13.8. The number of carbonyl (C=O) groups excluding carboxylic acids is 1. The molecule has 6 heteroatoms. The van der Waals surface area contributed by atoms with E-state index >= 15 is 0 Å². The maximum absolute atomic E-state index is 12.0. The molecule has 1 N–H and O–H groups in total. The van der Waals surface area contributed by atoms with Gasteiger partial charge in [0, 0.05) is 18.5 Å². The zero-order valence-corrected chi connectivity index (χ0v) is 15.5. The highest BCUT2D eigenvalue weighted by Crippen LogP contribution is 2.24. The van der Waals surface area contributed by atoms with Crippen LogP contribution in [0, 0.1) is 0 Å². The molecule has 136 valence electrons. The van der Waals surface area contributed by atoms with Gasteiger partial charge in [-0.3, -0.25) is 4.79 Å². The predicted octanol–water partition coefficient (Wildman–Crippen LogP) is 4.23. The molecule has 0 aliphatic heterocycles. The van der Waals surface area contributed by atoms with Crippen LogP contribution in [0.3, 0.4) is 0 Å². The van der Waals surface area contributed by atoms with Crippen molar-refractivity contribution in [3.8, 4) is 10.8 Å². The van der Waals surface area contributed by atoms with Crippen LogP contribution >= 0.6 is 11.3 Å². The van der Waals surface area contributed by atoms with Gasteiger partial charge in [0.25, 0.3) is 0 Å². The van der Waals surface area contributed by atoms with E-state index in [1.807, 2.05) is 42.6 Å². The summed E-state index contributed by atoms with van der Waals surface area (Å²) in [6.07, 6.45) is 2.72. The molecule has 3 aromatic rings. The third-order valence-corrected chi connectivity index (χ3v) is 4.81. The number of nitrogens with zero attached hydrogens (tertiary/aromatic N) is 1. The quantitative estimate of drug-likeness (QED) is 0.573. The highest BCUT2D eigenvalue weighted by molar-refractivity contribution is 7.13. The van der Waals surface area contributed by atoms with Crippen molar-refractivity contribution in [2.24, 2.45) is 0 Å². The molecule has 1 amide bonds. The Kier molecular flexibility index (Phi) is 6.57. The van der Waals surface area contributed by atoms with Crippen molar-refractivity contribution in [3.63, 3.8) is 0 Å². The van der Waals surface area contributed by atoms with Crippen LogP contribution in [0.25, 0.3) is 10.8 Å². The summed E-state index contributed by atoms with van der Waals surface area (Å²) in [4.78, 5) is 16.4. The molecule has 0 unspecified atom stereocenters.